The number of hydrogen-bond donors (Lipinski definition) is 1. The number of aromatic nitrogens is 4. The van der Waals surface area contributed by atoms with Gasteiger partial charge in [-0.3, -0.25) is 10.1 Å². The Hall–Kier alpha value is -1.46. The quantitative estimate of drug-likeness (QED) is 0.693. The van der Waals surface area contributed by atoms with Crippen LogP contribution in [0.5, 0.6) is 0 Å². The molecule has 0 unspecified atom stereocenters. The van der Waals surface area contributed by atoms with E-state index < -0.39 is 0 Å². The molecule has 1 N–H and O–H groups in total. The van der Waals surface area contributed by atoms with Crippen LogP contribution in [0, 0.1) is 0 Å². The molecule has 1 aromatic rings. The fourth-order valence-electron chi connectivity index (χ4n) is 0.814. The molecule has 0 aliphatic heterocycles. The van der Waals surface area contributed by atoms with Gasteiger partial charge in [0.1, 0.15) is 0 Å². The molecule has 1 heterocycles. The number of nitrogens with one attached hydrogen (secondary N) is 1. The third-order valence-electron chi connectivity index (χ3n) is 1.26. The van der Waals surface area contributed by atoms with Crippen LogP contribution in [-0.4, -0.2) is 26.1 Å². The van der Waals surface area contributed by atoms with Crippen molar-refractivity contribution < 1.29 is 4.79 Å². The summed E-state index contributed by atoms with van der Waals surface area (Å²) >= 11 is 0. The molecule has 1 rings (SSSR count). The van der Waals surface area contributed by atoms with Crippen molar-refractivity contribution in [1.29, 1.82) is 0 Å². The molecule has 0 saturated heterocycles. The highest BCUT2D eigenvalue weighted by molar-refractivity contribution is 5.86. The predicted molar refractivity (Wildman–Crippen MR) is 42.4 cm³/mol. The lowest BCUT2D eigenvalue weighted by molar-refractivity contribution is -0.114. The van der Waals surface area contributed by atoms with Crippen LogP contribution in [0.15, 0.2) is 0 Å². The van der Waals surface area contributed by atoms with Crippen molar-refractivity contribution in [3.05, 3.63) is 0 Å². The molecule has 0 saturated carbocycles. The fourth-order valence-corrected chi connectivity index (χ4v) is 0.814. The highest BCUT2D eigenvalue weighted by Crippen LogP contribution is 1.99. The molecule has 0 bridgehead atoms. The summed E-state index contributed by atoms with van der Waals surface area (Å²) in [6.45, 7) is 4.15. The number of carbonyl (C=O) groups is 1. The number of amides is 1. The van der Waals surface area contributed by atoms with Gasteiger partial charge >= 0.3 is 0 Å². The second-order valence-electron chi connectivity index (χ2n) is 2.41. The zero-order valence-electron chi connectivity index (χ0n) is 7.11. The average Bonchev–Trinajstić information content (AvgIpc) is 2.37. The van der Waals surface area contributed by atoms with Crippen LogP contribution < -0.4 is 5.32 Å². The normalized spacial score (nSPS) is 9.83. The first-order chi connectivity index (χ1) is 5.74. The third-order valence-corrected chi connectivity index (χ3v) is 1.26. The maximum absolute atomic E-state index is 10.6. The average molecular weight is 169 g/mol. The topological polar surface area (TPSA) is 72.7 Å². The van der Waals surface area contributed by atoms with Crippen LogP contribution >= 0.6 is 0 Å². The monoisotopic (exact) mass is 169 g/mol. The van der Waals surface area contributed by atoms with E-state index in [4.69, 9.17) is 0 Å². The molecule has 0 atom stereocenters. The molecule has 0 fully saturated rings. The maximum atomic E-state index is 10.6. The molecular formula is C6H11N5O. The van der Waals surface area contributed by atoms with E-state index in [1.807, 2.05) is 6.92 Å². The minimum Gasteiger partial charge on any atom is -0.294 e. The van der Waals surface area contributed by atoms with Crippen LogP contribution in [0.2, 0.25) is 0 Å². The van der Waals surface area contributed by atoms with Gasteiger partial charge in [-0.25, -0.2) is 4.68 Å². The molecule has 1 aromatic heterocycles. The molecule has 0 spiro atoms. The summed E-state index contributed by atoms with van der Waals surface area (Å²) in [7, 11) is 0. The van der Waals surface area contributed by atoms with Gasteiger partial charge in [0.2, 0.25) is 11.9 Å². The first-order valence-electron chi connectivity index (χ1n) is 3.77. The summed E-state index contributed by atoms with van der Waals surface area (Å²) in [5.41, 5.74) is 0. The summed E-state index contributed by atoms with van der Waals surface area (Å²) in [5.74, 6) is 0.242. The van der Waals surface area contributed by atoms with E-state index in [1.165, 1.54) is 6.92 Å². The van der Waals surface area contributed by atoms with Gasteiger partial charge in [0.05, 0.1) is 0 Å². The molecule has 6 heteroatoms. The molecular weight excluding hydrogens is 158 g/mol. The number of hydrogen-bond acceptors (Lipinski definition) is 4. The van der Waals surface area contributed by atoms with Gasteiger partial charge in [0.15, 0.2) is 0 Å². The Morgan fingerprint density at radius 3 is 3.00 bits per heavy atom. The zero-order chi connectivity index (χ0) is 8.97. The van der Waals surface area contributed by atoms with Crippen LogP contribution in [0.1, 0.15) is 20.3 Å². The Bertz CT molecular complexity index is 269. The van der Waals surface area contributed by atoms with Gasteiger partial charge in [0, 0.05) is 13.5 Å². The Morgan fingerprint density at radius 1 is 1.67 bits per heavy atom. The lowest BCUT2D eigenvalue weighted by atomic mass is 10.5. The van der Waals surface area contributed by atoms with E-state index in [2.05, 4.69) is 20.8 Å². The second kappa shape index (κ2) is 3.80. The smallest absolute Gasteiger partial charge is 0.249 e. The number of aryl methyl sites for hydroxylation is 1. The zero-order valence-corrected chi connectivity index (χ0v) is 7.11. The Labute approximate surface area is 70.0 Å². The van der Waals surface area contributed by atoms with Crippen LogP contribution in [0.4, 0.5) is 5.95 Å². The van der Waals surface area contributed by atoms with E-state index in [0.29, 0.717) is 12.5 Å². The fraction of sp³-hybridized carbons (Fsp3) is 0.667. The minimum absolute atomic E-state index is 0.165. The summed E-state index contributed by atoms with van der Waals surface area (Å²) in [6, 6.07) is 0. The molecule has 0 aromatic carbocycles. The minimum atomic E-state index is -0.165. The van der Waals surface area contributed by atoms with E-state index in [-0.39, 0.29) is 5.91 Å². The van der Waals surface area contributed by atoms with Crippen molar-refractivity contribution in [1.82, 2.24) is 20.2 Å². The van der Waals surface area contributed by atoms with Crippen molar-refractivity contribution in [2.75, 3.05) is 5.32 Å². The Morgan fingerprint density at radius 2 is 2.42 bits per heavy atom. The van der Waals surface area contributed by atoms with Gasteiger partial charge in [-0.15, -0.1) is 0 Å². The maximum Gasteiger partial charge on any atom is 0.249 e. The van der Waals surface area contributed by atoms with Gasteiger partial charge < -0.3 is 0 Å². The van der Waals surface area contributed by atoms with Gasteiger partial charge in [-0.1, -0.05) is 12.0 Å². The lowest BCUT2D eigenvalue weighted by Crippen LogP contribution is -2.12. The summed E-state index contributed by atoms with van der Waals surface area (Å²) in [4.78, 5) is 10.6. The summed E-state index contributed by atoms with van der Waals surface area (Å²) in [6.07, 6.45) is 0.928. The van der Waals surface area contributed by atoms with E-state index in [0.717, 1.165) is 6.42 Å². The van der Waals surface area contributed by atoms with Gasteiger partial charge in [-0.2, -0.15) is 0 Å². The summed E-state index contributed by atoms with van der Waals surface area (Å²) < 4.78 is 1.56. The van der Waals surface area contributed by atoms with Crippen LogP contribution in [0.3, 0.4) is 0 Å². The molecule has 0 aliphatic carbocycles. The van der Waals surface area contributed by atoms with Crippen molar-refractivity contribution in [3.8, 4) is 0 Å². The van der Waals surface area contributed by atoms with E-state index in [1.54, 1.807) is 4.68 Å². The van der Waals surface area contributed by atoms with Gasteiger partial charge in [0.25, 0.3) is 0 Å². The molecule has 6 nitrogen and oxygen atoms in total. The number of anilines is 1. The molecule has 12 heavy (non-hydrogen) atoms. The second-order valence-corrected chi connectivity index (χ2v) is 2.41. The Balaban J connectivity index is 2.69. The van der Waals surface area contributed by atoms with E-state index >= 15 is 0 Å². The van der Waals surface area contributed by atoms with Crippen molar-refractivity contribution >= 4 is 11.9 Å². The van der Waals surface area contributed by atoms with Crippen LogP contribution in [-0.2, 0) is 11.3 Å². The lowest BCUT2D eigenvalue weighted by Gasteiger charge is -2.00. The summed E-state index contributed by atoms with van der Waals surface area (Å²) in [5, 5.41) is 13.3. The number of tetrazole rings is 1. The van der Waals surface area contributed by atoms with Crippen molar-refractivity contribution in [2.24, 2.45) is 0 Å². The van der Waals surface area contributed by atoms with E-state index in [9.17, 15) is 4.79 Å². The SMILES string of the molecule is CCCn1nnnc1NC(C)=O. The number of rotatable bonds is 3. The first-order valence-corrected chi connectivity index (χ1v) is 3.77. The third kappa shape index (κ3) is 2.01. The number of nitrogens with zero attached hydrogens (tertiary/aromatic N) is 4. The molecule has 66 valence electrons. The van der Waals surface area contributed by atoms with Gasteiger partial charge in [-0.05, 0) is 16.8 Å². The number of carbonyl (C=O) groups excluding carboxylic acids is 1. The Kier molecular flexibility index (Phi) is 2.73. The highest BCUT2D eigenvalue weighted by atomic mass is 16.1. The van der Waals surface area contributed by atoms with Crippen molar-refractivity contribution in [2.45, 2.75) is 26.8 Å². The van der Waals surface area contributed by atoms with Crippen molar-refractivity contribution in [3.63, 3.8) is 0 Å². The first kappa shape index (κ1) is 8.63. The molecule has 0 aliphatic rings. The highest BCUT2D eigenvalue weighted by Gasteiger charge is 2.04. The molecule has 1 amide bonds. The standard InChI is InChI=1S/C6H11N5O/c1-3-4-11-6(7-5(2)12)8-9-10-11/h3-4H2,1-2H3,(H,7,8,10,12). The predicted octanol–water partition coefficient (Wildman–Crippen LogP) is 0.0415. The molecule has 0 radical (unpaired) electrons. The van der Waals surface area contributed by atoms with Crippen LogP contribution in [0.25, 0.3) is 0 Å². The largest absolute Gasteiger partial charge is 0.294 e.